The molecule has 0 heterocycles. The maximum absolute atomic E-state index is 12.9. The molecule has 27 heavy (non-hydrogen) atoms. The monoisotopic (exact) mass is 399 g/mol. The van der Waals surface area contributed by atoms with Crippen LogP contribution in [0.2, 0.25) is 5.02 Å². The van der Waals surface area contributed by atoms with Crippen molar-refractivity contribution >= 4 is 33.1 Å². The number of carbonyl (C=O) groups excluding carboxylic acids is 1. The lowest BCUT2D eigenvalue weighted by molar-refractivity contribution is 0.103. The van der Waals surface area contributed by atoms with Gasteiger partial charge in [-0.2, -0.15) is 0 Å². The summed E-state index contributed by atoms with van der Waals surface area (Å²) in [7, 11) is -3.81. The third kappa shape index (κ3) is 4.38. The van der Waals surface area contributed by atoms with Gasteiger partial charge < -0.3 is 0 Å². The number of carbonyl (C=O) groups is 1. The van der Waals surface area contributed by atoms with E-state index in [4.69, 9.17) is 11.6 Å². The summed E-state index contributed by atoms with van der Waals surface area (Å²) in [5.41, 5.74) is 2.77. The molecule has 0 unspecified atom stereocenters. The van der Waals surface area contributed by atoms with Gasteiger partial charge in [0.05, 0.1) is 10.6 Å². The van der Waals surface area contributed by atoms with Crippen LogP contribution in [-0.4, -0.2) is 14.2 Å². The minimum absolute atomic E-state index is 0.138. The number of anilines is 1. The van der Waals surface area contributed by atoms with Gasteiger partial charge in [0, 0.05) is 16.1 Å². The number of sulfonamides is 1. The number of hydrogen-bond donors (Lipinski definition) is 1. The zero-order valence-electron chi connectivity index (χ0n) is 14.9. The number of hydrogen-bond acceptors (Lipinski definition) is 3. The van der Waals surface area contributed by atoms with Gasteiger partial charge in [0.25, 0.3) is 10.0 Å². The minimum Gasteiger partial charge on any atom is -0.289 e. The number of benzene rings is 3. The van der Waals surface area contributed by atoms with Gasteiger partial charge in [-0.3, -0.25) is 9.52 Å². The fourth-order valence-electron chi connectivity index (χ4n) is 2.61. The van der Waals surface area contributed by atoms with Crippen molar-refractivity contribution in [3.8, 4) is 0 Å². The first-order chi connectivity index (χ1) is 12.8. The Morgan fingerprint density at radius 2 is 1.44 bits per heavy atom. The van der Waals surface area contributed by atoms with Crippen LogP contribution in [0.25, 0.3) is 0 Å². The highest BCUT2D eigenvalue weighted by Crippen LogP contribution is 2.25. The molecule has 0 aliphatic carbocycles. The van der Waals surface area contributed by atoms with E-state index in [1.54, 1.807) is 54.6 Å². The second kappa shape index (κ2) is 7.55. The van der Waals surface area contributed by atoms with Crippen molar-refractivity contribution in [2.45, 2.75) is 18.7 Å². The predicted octanol–water partition coefficient (Wildman–Crippen LogP) is 4.99. The Kier molecular flexibility index (Phi) is 5.35. The second-order valence-electron chi connectivity index (χ2n) is 6.30. The summed E-state index contributed by atoms with van der Waals surface area (Å²) in [6.07, 6.45) is 0. The van der Waals surface area contributed by atoms with Gasteiger partial charge in [-0.25, -0.2) is 8.42 Å². The molecule has 0 saturated carbocycles. The van der Waals surface area contributed by atoms with Gasteiger partial charge in [-0.1, -0.05) is 40.9 Å². The van der Waals surface area contributed by atoms with Crippen LogP contribution in [-0.2, 0) is 10.0 Å². The Balaban J connectivity index is 2.00. The van der Waals surface area contributed by atoms with Crippen LogP contribution in [0.1, 0.15) is 27.0 Å². The molecule has 3 aromatic rings. The fraction of sp³-hybridized carbons (Fsp3) is 0.0952. The van der Waals surface area contributed by atoms with Crippen molar-refractivity contribution in [3.05, 3.63) is 94.0 Å². The Morgan fingerprint density at radius 3 is 2.07 bits per heavy atom. The fourth-order valence-corrected chi connectivity index (χ4v) is 3.82. The Morgan fingerprint density at radius 1 is 0.852 bits per heavy atom. The number of nitrogens with one attached hydrogen (secondary N) is 1. The molecule has 4 nitrogen and oxygen atoms in total. The number of halogens is 1. The van der Waals surface area contributed by atoms with Gasteiger partial charge >= 0.3 is 0 Å². The molecule has 0 fully saturated rings. The summed E-state index contributed by atoms with van der Waals surface area (Å²) in [6.45, 7) is 3.73. The highest BCUT2D eigenvalue weighted by molar-refractivity contribution is 7.92. The first-order valence-corrected chi connectivity index (χ1v) is 10.1. The highest BCUT2D eigenvalue weighted by atomic mass is 35.5. The number of ketones is 1. The normalized spacial score (nSPS) is 11.2. The van der Waals surface area contributed by atoms with E-state index in [0.717, 1.165) is 11.1 Å². The van der Waals surface area contributed by atoms with Crippen molar-refractivity contribution < 1.29 is 13.2 Å². The van der Waals surface area contributed by atoms with E-state index in [9.17, 15) is 13.2 Å². The molecule has 3 aromatic carbocycles. The van der Waals surface area contributed by atoms with Gasteiger partial charge in [-0.15, -0.1) is 0 Å². The van der Waals surface area contributed by atoms with E-state index in [2.05, 4.69) is 4.72 Å². The van der Waals surface area contributed by atoms with Crippen LogP contribution in [0.3, 0.4) is 0 Å². The molecule has 138 valence electrons. The molecular formula is C21H18ClNO3S. The van der Waals surface area contributed by atoms with E-state index in [-0.39, 0.29) is 21.9 Å². The first-order valence-electron chi connectivity index (χ1n) is 8.27. The van der Waals surface area contributed by atoms with Gasteiger partial charge in [0.15, 0.2) is 5.78 Å². The zero-order valence-corrected chi connectivity index (χ0v) is 16.4. The highest BCUT2D eigenvalue weighted by Gasteiger charge is 2.20. The molecule has 0 amide bonds. The molecule has 0 aliphatic heterocycles. The van der Waals surface area contributed by atoms with E-state index in [0.29, 0.717) is 10.6 Å². The standard InChI is InChI=1S/C21H18ClNO3S/c1-14-3-10-18(11-4-14)27(25,26)23-20-12-5-15(2)13-19(20)21(24)16-6-8-17(22)9-7-16/h3-13,23H,1-2H3. The Bertz CT molecular complexity index is 1090. The molecule has 0 saturated heterocycles. The molecule has 0 radical (unpaired) electrons. The zero-order chi connectivity index (χ0) is 19.6. The van der Waals surface area contributed by atoms with Crippen LogP contribution in [0.5, 0.6) is 0 Å². The van der Waals surface area contributed by atoms with Crippen LogP contribution >= 0.6 is 11.6 Å². The lowest BCUT2D eigenvalue weighted by Crippen LogP contribution is -2.16. The summed E-state index contributed by atoms with van der Waals surface area (Å²) in [6, 6.07) is 18.0. The maximum atomic E-state index is 12.9. The average molecular weight is 400 g/mol. The van der Waals surface area contributed by atoms with Crippen LogP contribution in [0.15, 0.2) is 71.6 Å². The lowest BCUT2D eigenvalue weighted by atomic mass is 10.00. The van der Waals surface area contributed by atoms with Crippen molar-refractivity contribution in [2.75, 3.05) is 4.72 Å². The summed E-state index contributed by atoms with van der Waals surface area (Å²) in [4.78, 5) is 13.1. The minimum atomic E-state index is -3.81. The van der Waals surface area contributed by atoms with Crippen molar-refractivity contribution in [2.24, 2.45) is 0 Å². The summed E-state index contributed by atoms with van der Waals surface area (Å²) in [5.74, 6) is -0.281. The largest absolute Gasteiger partial charge is 0.289 e. The van der Waals surface area contributed by atoms with Crippen molar-refractivity contribution in [3.63, 3.8) is 0 Å². The van der Waals surface area contributed by atoms with Crippen LogP contribution in [0.4, 0.5) is 5.69 Å². The van der Waals surface area contributed by atoms with Gasteiger partial charge in [0.2, 0.25) is 0 Å². The summed E-state index contributed by atoms with van der Waals surface area (Å²) in [5, 5.41) is 0.524. The third-order valence-corrected chi connectivity index (χ3v) is 5.74. The average Bonchev–Trinajstić information content (AvgIpc) is 2.63. The van der Waals surface area contributed by atoms with Crippen LogP contribution < -0.4 is 4.72 Å². The summed E-state index contributed by atoms with van der Waals surface area (Å²) >= 11 is 5.88. The van der Waals surface area contributed by atoms with E-state index in [1.807, 2.05) is 13.8 Å². The second-order valence-corrected chi connectivity index (χ2v) is 8.42. The molecule has 0 aromatic heterocycles. The molecule has 6 heteroatoms. The Hall–Kier alpha value is -2.63. The molecule has 0 aliphatic rings. The van der Waals surface area contributed by atoms with E-state index >= 15 is 0 Å². The number of aryl methyl sites for hydroxylation is 2. The molecule has 0 atom stereocenters. The third-order valence-electron chi connectivity index (χ3n) is 4.10. The Labute approximate surface area is 163 Å². The van der Waals surface area contributed by atoms with Crippen LogP contribution in [0, 0.1) is 13.8 Å². The maximum Gasteiger partial charge on any atom is 0.261 e. The smallest absolute Gasteiger partial charge is 0.261 e. The molecule has 1 N–H and O–H groups in total. The topological polar surface area (TPSA) is 63.2 Å². The lowest BCUT2D eigenvalue weighted by Gasteiger charge is -2.13. The molecular weight excluding hydrogens is 382 g/mol. The summed E-state index contributed by atoms with van der Waals surface area (Å²) < 4.78 is 28.0. The van der Waals surface area contributed by atoms with Crippen molar-refractivity contribution in [1.82, 2.24) is 0 Å². The number of rotatable bonds is 5. The van der Waals surface area contributed by atoms with Crippen molar-refractivity contribution in [1.29, 1.82) is 0 Å². The molecule has 0 spiro atoms. The van der Waals surface area contributed by atoms with Gasteiger partial charge in [-0.05, 0) is 62.4 Å². The molecule has 3 rings (SSSR count). The first kappa shape index (κ1) is 19.1. The van der Waals surface area contributed by atoms with E-state index in [1.165, 1.54) is 12.1 Å². The molecule has 0 bridgehead atoms. The van der Waals surface area contributed by atoms with E-state index < -0.39 is 10.0 Å². The predicted molar refractivity (Wildman–Crippen MR) is 108 cm³/mol. The van der Waals surface area contributed by atoms with Gasteiger partial charge in [0.1, 0.15) is 0 Å². The quantitative estimate of drug-likeness (QED) is 0.615. The SMILES string of the molecule is Cc1ccc(S(=O)(=O)Nc2ccc(C)cc2C(=O)c2ccc(Cl)cc2)cc1.